The number of nitrogens with zero attached hydrogens (tertiary/aromatic N) is 2. The smallest absolute Gasteiger partial charge is 0.249 e. The third-order valence-corrected chi connectivity index (χ3v) is 4.43. The quantitative estimate of drug-likeness (QED) is 0.775. The van der Waals surface area contributed by atoms with Crippen molar-refractivity contribution in [2.75, 3.05) is 0 Å². The van der Waals surface area contributed by atoms with Crippen molar-refractivity contribution in [3.05, 3.63) is 36.0 Å². The molecular formula is C16H15N5O2. The number of aromatic amines is 1. The highest BCUT2D eigenvalue weighted by Crippen LogP contribution is 2.28. The number of nitrogens with one attached hydrogen (secondary N) is 3. The Morgan fingerprint density at radius 1 is 1.09 bits per heavy atom. The summed E-state index contributed by atoms with van der Waals surface area (Å²) in [5.74, 6) is -1.51. The normalized spacial score (nSPS) is 24.2. The number of rotatable bonds is 2. The molecule has 0 saturated carbocycles. The average molecular weight is 309 g/mol. The van der Waals surface area contributed by atoms with Crippen molar-refractivity contribution in [2.24, 2.45) is 22.0 Å². The number of aromatic nitrogens is 1. The van der Waals surface area contributed by atoms with Crippen molar-refractivity contribution in [1.82, 2.24) is 15.8 Å². The molecule has 0 aliphatic carbocycles. The second-order valence-corrected chi connectivity index (χ2v) is 5.80. The van der Waals surface area contributed by atoms with Gasteiger partial charge in [-0.25, -0.2) is 10.9 Å². The van der Waals surface area contributed by atoms with Gasteiger partial charge in [-0.2, -0.15) is 10.2 Å². The fourth-order valence-electron chi connectivity index (χ4n) is 3.25. The summed E-state index contributed by atoms with van der Waals surface area (Å²) in [6, 6.07) is 7.91. The maximum absolute atomic E-state index is 12.2. The van der Waals surface area contributed by atoms with Gasteiger partial charge in [-0.05, 0) is 13.0 Å². The first-order valence-corrected chi connectivity index (χ1v) is 7.42. The largest absolute Gasteiger partial charge is 0.360 e. The number of para-hydroxylation sites is 1. The van der Waals surface area contributed by atoms with Crippen LogP contribution >= 0.6 is 0 Å². The highest BCUT2D eigenvalue weighted by molar-refractivity contribution is 6.15. The van der Waals surface area contributed by atoms with Gasteiger partial charge in [-0.15, -0.1) is 0 Å². The van der Waals surface area contributed by atoms with E-state index in [4.69, 9.17) is 0 Å². The summed E-state index contributed by atoms with van der Waals surface area (Å²) in [5.41, 5.74) is 8.34. The molecule has 1 aromatic carbocycles. The minimum Gasteiger partial charge on any atom is -0.360 e. The zero-order chi connectivity index (χ0) is 16.0. The summed E-state index contributed by atoms with van der Waals surface area (Å²) >= 11 is 0. The van der Waals surface area contributed by atoms with Crippen LogP contribution in [-0.2, 0) is 9.59 Å². The summed E-state index contributed by atoms with van der Waals surface area (Å²) in [6.45, 7) is 1.76. The molecule has 4 rings (SSSR count). The zero-order valence-corrected chi connectivity index (χ0v) is 12.5. The van der Waals surface area contributed by atoms with E-state index in [-0.39, 0.29) is 11.8 Å². The Balaban J connectivity index is 1.70. The van der Waals surface area contributed by atoms with E-state index in [1.54, 1.807) is 6.92 Å². The Hall–Kier alpha value is -2.96. The number of benzene rings is 1. The average Bonchev–Trinajstić information content (AvgIpc) is 3.12. The molecule has 7 nitrogen and oxygen atoms in total. The van der Waals surface area contributed by atoms with Gasteiger partial charge in [0.15, 0.2) is 0 Å². The number of carbonyl (C=O) groups is 2. The zero-order valence-electron chi connectivity index (χ0n) is 12.5. The fourth-order valence-corrected chi connectivity index (χ4v) is 3.25. The number of carbonyl (C=O) groups excluding carboxylic acids is 2. The molecule has 3 N–H and O–H groups in total. The van der Waals surface area contributed by atoms with Crippen LogP contribution in [0.3, 0.4) is 0 Å². The molecule has 2 atom stereocenters. The van der Waals surface area contributed by atoms with E-state index in [1.165, 1.54) is 0 Å². The predicted octanol–water partition coefficient (Wildman–Crippen LogP) is 1.13. The number of hydrogen-bond donors (Lipinski definition) is 3. The lowest BCUT2D eigenvalue weighted by atomic mass is 9.82. The van der Waals surface area contributed by atoms with E-state index >= 15 is 0 Å². The summed E-state index contributed by atoms with van der Waals surface area (Å²) in [4.78, 5) is 27.4. The second-order valence-electron chi connectivity index (χ2n) is 5.80. The molecule has 1 aromatic heterocycles. The minimum atomic E-state index is -0.536. The second kappa shape index (κ2) is 5.05. The number of amides is 2. The maximum atomic E-state index is 12.2. The van der Waals surface area contributed by atoms with E-state index in [0.29, 0.717) is 12.1 Å². The van der Waals surface area contributed by atoms with Gasteiger partial charge in [-0.3, -0.25) is 9.59 Å². The molecule has 0 radical (unpaired) electrons. The van der Waals surface area contributed by atoms with Crippen LogP contribution in [0.5, 0.6) is 0 Å². The third-order valence-electron chi connectivity index (χ3n) is 4.43. The van der Waals surface area contributed by atoms with Gasteiger partial charge in [0.05, 0.1) is 17.5 Å². The standard InChI is InChI=1S/C16H15N5O2/c1-8-14(16(23)21-18-8)10-6-13(19-20-15(10)22)11-7-17-12-5-3-2-4-9(11)12/h2-5,7,10,14,17H,6H2,1H3,(H,20,22)(H,21,23)/t10-,14+/m0/s1. The predicted molar refractivity (Wildman–Crippen MR) is 85.8 cm³/mol. The van der Waals surface area contributed by atoms with Crippen LogP contribution in [0, 0.1) is 11.8 Å². The summed E-state index contributed by atoms with van der Waals surface area (Å²) in [6.07, 6.45) is 2.28. The summed E-state index contributed by atoms with van der Waals surface area (Å²) in [5, 5.41) is 9.18. The van der Waals surface area contributed by atoms with Gasteiger partial charge in [0, 0.05) is 34.8 Å². The summed E-state index contributed by atoms with van der Waals surface area (Å²) in [7, 11) is 0. The molecule has 2 aliphatic rings. The minimum absolute atomic E-state index is 0.233. The van der Waals surface area contributed by atoms with E-state index in [2.05, 4.69) is 26.0 Å². The van der Waals surface area contributed by atoms with Crippen LogP contribution in [-0.4, -0.2) is 28.2 Å². The van der Waals surface area contributed by atoms with Gasteiger partial charge in [0.25, 0.3) is 0 Å². The Morgan fingerprint density at radius 3 is 2.65 bits per heavy atom. The van der Waals surface area contributed by atoms with Gasteiger partial charge in [0.1, 0.15) is 0 Å². The van der Waals surface area contributed by atoms with E-state index < -0.39 is 11.8 Å². The molecule has 7 heteroatoms. The van der Waals surface area contributed by atoms with E-state index in [1.807, 2.05) is 30.5 Å². The molecule has 3 heterocycles. The molecule has 0 spiro atoms. The Kier molecular flexibility index (Phi) is 3.00. The summed E-state index contributed by atoms with van der Waals surface area (Å²) < 4.78 is 0. The van der Waals surface area contributed by atoms with E-state index in [9.17, 15) is 9.59 Å². The highest BCUT2D eigenvalue weighted by atomic mass is 16.2. The topological polar surface area (TPSA) is 98.7 Å². The molecule has 0 saturated heterocycles. The van der Waals surface area contributed by atoms with Crippen molar-refractivity contribution in [3.8, 4) is 0 Å². The number of fused-ring (bicyclic) bond motifs is 1. The van der Waals surface area contributed by atoms with Crippen molar-refractivity contribution < 1.29 is 9.59 Å². The first kappa shape index (κ1) is 13.7. The van der Waals surface area contributed by atoms with Crippen LogP contribution in [0.1, 0.15) is 18.9 Å². The molecular weight excluding hydrogens is 294 g/mol. The molecule has 0 bridgehead atoms. The van der Waals surface area contributed by atoms with E-state index in [0.717, 1.165) is 22.2 Å². The van der Waals surface area contributed by atoms with Crippen LogP contribution in [0.4, 0.5) is 0 Å². The number of hydrogen-bond acceptors (Lipinski definition) is 4. The van der Waals surface area contributed by atoms with Crippen LogP contribution in [0.15, 0.2) is 40.7 Å². The third kappa shape index (κ3) is 2.12. The first-order valence-electron chi connectivity index (χ1n) is 7.42. The van der Waals surface area contributed by atoms with Gasteiger partial charge in [0.2, 0.25) is 11.8 Å². The van der Waals surface area contributed by atoms with Crippen molar-refractivity contribution in [1.29, 1.82) is 0 Å². The van der Waals surface area contributed by atoms with Crippen molar-refractivity contribution in [2.45, 2.75) is 13.3 Å². The van der Waals surface area contributed by atoms with Gasteiger partial charge < -0.3 is 4.98 Å². The maximum Gasteiger partial charge on any atom is 0.249 e. The van der Waals surface area contributed by atoms with Gasteiger partial charge in [-0.1, -0.05) is 18.2 Å². The monoisotopic (exact) mass is 309 g/mol. The SMILES string of the molecule is CC1=NNC(=O)[C@H]1[C@@H]1CC(c2c[nH]c3ccccc23)=NNC1=O. The van der Waals surface area contributed by atoms with Gasteiger partial charge >= 0.3 is 0 Å². The lowest BCUT2D eigenvalue weighted by Gasteiger charge is -2.24. The van der Waals surface area contributed by atoms with Crippen LogP contribution < -0.4 is 10.9 Å². The van der Waals surface area contributed by atoms with Crippen molar-refractivity contribution in [3.63, 3.8) is 0 Å². The molecule has 23 heavy (non-hydrogen) atoms. The molecule has 0 fully saturated rings. The Morgan fingerprint density at radius 2 is 1.87 bits per heavy atom. The lowest BCUT2D eigenvalue weighted by Crippen LogP contribution is -2.43. The van der Waals surface area contributed by atoms with Crippen molar-refractivity contribution >= 4 is 34.1 Å². The van der Waals surface area contributed by atoms with Crippen LogP contribution in [0.2, 0.25) is 0 Å². The fraction of sp³-hybridized carbons (Fsp3) is 0.250. The Labute approximate surface area is 131 Å². The first-order chi connectivity index (χ1) is 11.1. The Bertz CT molecular complexity index is 879. The molecule has 116 valence electrons. The number of hydrazone groups is 2. The molecule has 0 unspecified atom stereocenters. The highest BCUT2D eigenvalue weighted by Gasteiger charge is 2.41. The number of H-pyrrole nitrogens is 1. The lowest BCUT2D eigenvalue weighted by molar-refractivity contribution is -0.132. The molecule has 2 aromatic rings. The molecule has 2 amide bonds. The molecule has 2 aliphatic heterocycles. The van der Waals surface area contributed by atoms with Crippen LogP contribution in [0.25, 0.3) is 10.9 Å².